The molecule has 0 amide bonds. The van der Waals surface area contributed by atoms with Gasteiger partial charge in [0, 0.05) is 22.5 Å². The van der Waals surface area contributed by atoms with Crippen LogP contribution in [0.4, 0.5) is 0 Å². The van der Waals surface area contributed by atoms with Gasteiger partial charge in [0.15, 0.2) is 5.82 Å². The van der Waals surface area contributed by atoms with Gasteiger partial charge in [-0.05, 0) is 24.3 Å². The van der Waals surface area contributed by atoms with Gasteiger partial charge in [-0.3, -0.25) is 0 Å². The van der Waals surface area contributed by atoms with Gasteiger partial charge in [0.25, 0.3) is 11.8 Å². The van der Waals surface area contributed by atoms with Gasteiger partial charge >= 0.3 is 5.22 Å². The van der Waals surface area contributed by atoms with Crippen molar-refractivity contribution in [1.29, 1.82) is 0 Å². The average molecular weight is 467 g/mol. The fraction of sp³-hybridized carbons (Fsp3) is 0.143. The molecule has 0 unspecified atom stereocenters. The first-order valence-corrected chi connectivity index (χ1v) is 11.3. The van der Waals surface area contributed by atoms with E-state index in [1.165, 1.54) is 14.2 Å². The molecule has 0 aliphatic carbocycles. The van der Waals surface area contributed by atoms with Gasteiger partial charge in [0.05, 0.1) is 14.2 Å². The molecule has 1 N–H and O–H groups in total. The van der Waals surface area contributed by atoms with Crippen molar-refractivity contribution < 1.29 is 26.8 Å². The second kappa shape index (κ2) is 8.06. The molecule has 0 bridgehead atoms. The lowest BCUT2D eigenvalue weighted by Crippen LogP contribution is -2.06. The number of nitrogens with zero attached hydrogens (tertiary/aromatic N) is 4. The SMILES string of the molecule is COc1cc(OC)cc(-c2nc(CS(=O)(=O)c3nnc(-c4cc5ccccc5[nH]4)o3)no2)c1. The van der Waals surface area contributed by atoms with E-state index < -0.39 is 20.8 Å². The normalized spacial score (nSPS) is 11.7. The number of sulfone groups is 1. The van der Waals surface area contributed by atoms with E-state index in [-0.39, 0.29) is 17.6 Å². The molecule has 5 rings (SSSR count). The average Bonchev–Trinajstić information content (AvgIpc) is 3.57. The third-order valence-electron chi connectivity index (χ3n) is 4.82. The Kier molecular flexibility index (Phi) is 5.05. The first kappa shape index (κ1) is 20.7. The topological polar surface area (TPSA) is 146 Å². The predicted octanol–water partition coefficient (Wildman–Crippen LogP) is 3.26. The second-order valence-corrected chi connectivity index (χ2v) is 8.89. The highest BCUT2D eigenvalue weighted by atomic mass is 32.2. The lowest BCUT2D eigenvalue weighted by atomic mass is 10.2. The molecule has 0 radical (unpaired) electrons. The minimum atomic E-state index is -4.01. The molecular formula is C21H17N5O6S. The van der Waals surface area contributed by atoms with Gasteiger partial charge in [0.1, 0.15) is 22.9 Å². The quantitative estimate of drug-likeness (QED) is 0.378. The van der Waals surface area contributed by atoms with Crippen molar-refractivity contribution in [2.24, 2.45) is 0 Å². The number of H-pyrrole nitrogens is 1. The number of ether oxygens (including phenoxy) is 2. The number of aromatic amines is 1. The molecule has 3 aromatic heterocycles. The highest BCUT2D eigenvalue weighted by Gasteiger charge is 2.27. The number of aromatic nitrogens is 5. The molecule has 5 aromatic rings. The number of benzene rings is 2. The summed E-state index contributed by atoms with van der Waals surface area (Å²) in [5, 5.41) is 11.7. The van der Waals surface area contributed by atoms with E-state index in [2.05, 4.69) is 25.3 Å². The fourth-order valence-corrected chi connectivity index (χ4v) is 4.18. The molecular weight excluding hydrogens is 450 g/mol. The highest BCUT2D eigenvalue weighted by Crippen LogP contribution is 2.29. The van der Waals surface area contributed by atoms with E-state index >= 15 is 0 Å². The van der Waals surface area contributed by atoms with Crippen LogP contribution in [0.5, 0.6) is 11.5 Å². The molecule has 0 spiro atoms. The molecule has 2 aromatic carbocycles. The molecule has 0 aliphatic rings. The van der Waals surface area contributed by atoms with E-state index in [1.807, 2.05) is 24.3 Å². The monoisotopic (exact) mass is 467 g/mol. The zero-order valence-electron chi connectivity index (χ0n) is 17.5. The summed E-state index contributed by atoms with van der Waals surface area (Å²) >= 11 is 0. The summed E-state index contributed by atoms with van der Waals surface area (Å²) in [5.41, 5.74) is 1.89. The highest BCUT2D eigenvalue weighted by molar-refractivity contribution is 7.90. The summed E-state index contributed by atoms with van der Waals surface area (Å²) in [7, 11) is -0.988. The minimum Gasteiger partial charge on any atom is -0.497 e. The van der Waals surface area contributed by atoms with Crippen molar-refractivity contribution in [2.75, 3.05) is 14.2 Å². The standard InChI is InChI=1S/C21H17N5O6S/c1-29-14-7-13(8-15(10-14)30-2)19-23-18(26-32-19)11-33(27,28)21-25-24-20(31-21)17-9-12-5-3-4-6-16(12)22-17/h3-10,22H,11H2,1-2H3. The fourth-order valence-electron chi connectivity index (χ4n) is 3.23. The number of rotatable bonds is 7. The van der Waals surface area contributed by atoms with E-state index in [0.717, 1.165) is 10.9 Å². The molecule has 168 valence electrons. The number of nitrogens with one attached hydrogen (secondary N) is 1. The Morgan fingerprint density at radius 2 is 1.73 bits per heavy atom. The van der Waals surface area contributed by atoms with E-state index in [0.29, 0.717) is 22.8 Å². The largest absolute Gasteiger partial charge is 0.497 e. The van der Waals surface area contributed by atoms with Crippen molar-refractivity contribution in [3.8, 4) is 34.5 Å². The molecule has 0 aliphatic heterocycles. The summed E-state index contributed by atoms with van der Waals surface area (Å²) in [6.45, 7) is 0. The van der Waals surface area contributed by atoms with Crippen LogP contribution in [0.3, 0.4) is 0 Å². The lowest BCUT2D eigenvalue weighted by Gasteiger charge is -2.05. The van der Waals surface area contributed by atoms with Crippen molar-refractivity contribution >= 4 is 20.7 Å². The molecule has 0 saturated heterocycles. The summed E-state index contributed by atoms with van der Waals surface area (Å²) < 4.78 is 46.7. The maximum absolute atomic E-state index is 12.8. The summed E-state index contributed by atoms with van der Waals surface area (Å²) in [6, 6.07) is 14.4. The van der Waals surface area contributed by atoms with Crippen molar-refractivity contribution in [2.45, 2.75) is 11.0 Å². The van der Waals surface area contributed by atoms with Crippen LogP contribution in [-0.4, -0.2) is 48.0 Å². The van der Waals surface area contributed by atoms with Crippen LogP contribution in [0.1, 0.15) is 5.82 Å². The Morgan fingerprint density at radius 3 is 2.45 bits per heavy atom. The summed E-state index contributed by atoms with van der Waals surface area (Å²) in [6.07, 6.45) is 0. The van der Waals surface area contributed by atoms with Gasteiger partial charge in [-0.1, -0.05) is 28.5 Å². The molecule has 3 heterocycles. The Labute approximate surface area is 187 Å². The maximum Gasteiger partial charge on any atom is 0.336 e. The third kappa shape index (κ3) is 4.03. The predicted molar refractivity (Wildman–Crippen MR) is 115 cm³/mol. The Morgan fingerprint density at radius 1 is 0.970 bits per heavy atom. The van der Waals surface area contributed by atoms with Crippen LogP contribution in [0.25, 0.3) is 33.9 Å². The van der Waals surface area contributed by atoms with Gasteiger partial charge in [-0.2, -0.15) is 4.98 Å². The molecule has 0 fully saturated rings. The molecule has 0 saturated carbocycles. The number of para-hydroxylation sites is 1. The second-order valence-electron chi connectivity index (χ2n) is 7.02. The molecule has 33 heavy (non-hydrogen) atoms. The smallest absolute Gasteiger partial charge is 0.336 e. The minimum absolute atomic E-state index is 0.0575. The number of hydrogen-bond donors (Lipinski definition) is 1. The third-order valence-corrected chi connectivity index (χ3v) is 6.15. The number of methoxy groups -OCH3 is 2. The van der Waals surface area contributed by atoms with Gasteiger partial charge < -0.3 is 23.4 Å². The van der Waals surface area contributed by atoms with Crippen LogP contribution in [0.15, 0.2) is 62.7 Å². The van der Waals surface area contributed by atoms with Crippen LogP contribution in [0.2, 0.25) is 0 Å². The Hall–Kier alpha value is -4.19. The lowest BCUT2D eigenvalue weighted by molar-refractivity contribution is 0.393. The number of fused-ring (bicyclic) bond motifs is 1. The van der Waals surface area contributed by atoms with Crippen LogP contribution < -0.4 is 9.47 Å². The number of hydrogen-bond acceptors (Lipinski definition) is 10. The Bertz CT molecular complexity index is 1500. The van der Waals surface area contributed by atoms with Crippen molar-refractivity contribution in [3.05, 3.63) is 54.4 Å². The van der Waals surface area contributed by atoms with Crippen molar-refractivity contribution in [3.63, 3.8) is 0 Å². The summed E-state index contributed by atoms with van der Waals surface area (Å²) in [5.74, 6) is 0.575. The molecule has 11 nitrogen and oxygen atoms in total. The van der Waals surface area contributed by atoms with Crippen LogP contribution in [-0.2, 0) is 15.6 Å². The van der Waals surface area contributed by atoms with Gasteiger partial charge in [-0.15, -0.1) is 5.10 Å². The van der Waals surface area contributed by atoms with Gasteiger partial charge in [0.2, 0.25) is 9.84 Å². The summed E-state index contributed by atoms with van der Waals surface area (Å²) in [4.78, 5) is 7.29. The molecule has 12 heteroatoms. The van der Waals surface area contributed by atoms with E-state index in [1.54, 1.807) is 24.3 Å². The first-order valence-electron chi connectivity index (χ1n) is 9.65. The van der Waals surface area contributed by atoms with E-state index in [4.69, 9.17) is 18.4 Å². The maximum atomic E-state index is 12.8. The van der Waals surface area contributed by atoms with Crippen LogP contribution >= 0.6 is 0 Å². The van der Waals surface area contributed by atoms with E-state index in [9.17, 15) is 8.42 Å². The zero-order valence-corrected chi connectivity index (χ0v) is 18.3. The first-order chi connectivity index (χ1) is 15.9. The van der Waals surface area contributed by atoms with Crippen molar-refractivity contribution in [1.82, 2.24) is 25.3 Å². The zero-order chi connectivity index (χ0) is 23.0. The molecule has 0 atom stereocenters. The van der Waals surface area contributed by atoms with Crippen LogP contribution in [0, 0.1) is 0 Å². The Balaban J connectivity index is 1.39. The van der Waals surface area contributed by atoms with Gasteiger partial charge in [-0.25, -0.2) is 8.42 Å².